The summed E-state index contributed by atoms with van der Waals surface area (Å²) in [5.74, 6) is 2.01. The molecule has 11 heteroatoms. The van der Waals surface area contributed by atoms with Crippen molar-refractivity contribution in [1.82, 2.24) is 24.6 Å². The van der Waals surface area contributed by atoms with E-state index in [1.165, 1.54) is 12.3 Å². The van der Waals surface area contributed by atoms with Gasteiger partial charge in [0.25, 0.3) is 0 Å². The largest absolute Gasteiger partial charge is 0.490 e. The molecule has 5 rings (SSSR count). The van der Waals surface area contributed by atoms with Crippen molar-refractivity contribution < 1.29 is 18.3 Å². The van der Waals surface area contributed by atoms with Crippen LogP contribution in [0.1, 0.15) is 24.4 Å². The molecule has 1 saturated carbocycles. The molecule has 4 heterocycles. The second-order valence-electron chi connectivity index (χ2n) is 8.46. The maximum atomic E-state index is 12.8. The number of rotatable bonds is 8. The first-order valence-corrected chi connectivity index (χ1v) is 10.9. The molecule has 1 fully saturated rings. The predicted molar refractivity (Wildman–Crippen MR) is 123 cm³/mol. The van der Waals surface area contributed by atoms with Gasteiger partial charge in [-0.05, 0) is 44.4 Å². The molecule has 1 N–H and O–H groups in total. The zero-order chi connectivity index (χ0) is 24.6. The Balaban J connectivity index is 1.47. The highest BCUT2D eigenvalue weighted by atomic mass is 19.3. The van der Waals surface area contributed by atoms with Gasteiger partial charge in [0.1, 0.15) is 24.0 Å². The molecule has 0 saturated heterocycles. The summed E-state index contributed by atoms with van der Waals surface area (Å²) in [4.78, 5) is 12.6. The molecule has 0 aliphatic heterocycles. The van der Waals surface area contributed by atoms with Gasteiger partial charge in [0.15, 0.2) is 5.82 Å². The first-order valence-electron chi connectivity index (χ1n) is 10.9. The van der Waals surface area contributed by atoms with Crippen LogP contribution in [0.5, 0.6) is 11.6 Å². The summed E-state index contributed by atoms with van der Waals surface area (Å²) in [7, 11) is 0. The van der Waals surface area contributed by atoms with E-state index in [2.05, 4.69) is 36.2 Å². The van der Waals surface area contributed by atoms with Crippen LogP contribution in [0.3, 0.4) is 0 Å². The van der Waals surface area contributed by atoms with Crippen LogP contribution in [0.4, 0.5) is 20.4 Å². The van der Waals surface area contributed by atoms with E-state index in [4.69, 9.17) is 4.74 Å². The van der Waals surface area contributed by atoms with Crippen LogP contribution < -0.4 is 14.8 Å². The minimum absolute atomic E-state index is 0.202. The van der Waals surface area contributed by atoms with Crippen molar-refractivity contribution in [3.05, 3.63) is 54.2 Å². The van der Waals surface area contributed by atoms with E-state index in [9.17, 15) is 14.0 Å². The second kappa shape index (κ2) is 8.79. The first kappa shape index (κ1) is 22.5. The van der Waals surface area contributed by atoms with Gasteiger partial charge in [0.05, 0.1) is 23.2 Å². The van der Waals surface area contributed by atoms with Crippen LogP contribution in [0.2, 0.25) is 0 Å². The molecular weight excluding hydrogens is 456 g/mol. The predicted octanol–water partition coefficient (Wildman–Crippen LogP) is 4.83. The summed E-state index contributed by atoms with van der Waals surface area (Å²) >= 11 is 0. The Hall–Kier alpha value is -4.33. The number of ether oxygens (including phenoxy) is 2. The molecule has 4 aromatic rings. The fourth-order valence-corrected chi connectivity index (χ4v) is 3.71. The standard InChI is InChI=1S/C24H21F2N7O2/c1-14-7-20(30-15(2)29-14)31-21-9-17-8-16(3-6-33(17)32-21)18-10-22(35-23(25)26)28-11-19(18)34-13-24(12-27)4-5-24/h3,6-11,23H,4-5,13H2,1-2H3,(H,29,30,31,32). The maximum absolute atomic E-state index is 12.8. The summed E-state index contributed by atoms with van der Waals surface area (Å²) in [6, 6.07) is 11.0. The van der Waals surface area contributed by atoms with Gasteiger partial charge in [-0.2, -0.15) is 19.1 Å². The highest BCUT2D eigenvalue weighted by molar-refractivity contribution is 5.75. The van der Waals surface area contributed by atoms with Gasteiger partial charge in [-0.3, -0.25) is 0 Å². The zero-order valence-corrected chi connectivity index (χ0v) is 19.0. The van der Waals surface area contributed by atoms with Crippen molar-refractivity contribution >= 4 is 17.2 Å². The number of aromatic nitrogens is 5. The lowest BCUT2D eigenvalue weighted by Crippen LogP contribution is -2.11. The quantitative estimate of drug-likeness (QED) is 0.384. The normalized spacial score (nSPS) is 14.1. The lowest BCUT2D eigenvalue weighted by Gasteiger charge is -2.15. The Morgan fingerprint density at radius 3 is 2.71 bits per heavy atom. The summed E-state index contributed by atoms with van der Waals surface area (Å²) in [6.45, 7) is 0.901. The van der Waals surface area contributed by atoms with Crippen molar-refractivity contribution in [2.45, 2.75) is 33.3 Å². The molecule has 4 aromatic heterocycles. The molecule has 1 aliphatic carbocycles. The number of fused-ring (bicyclic) bond motifs is 1. The molecule has 35 heavy (non-hydrogen) atoms. The van der Waals surface area contributed by atoms with E-state index in [1.54, 1.807) is 16.8 Å². The van der Waals surface area contributed by atoms with Crippen LogP contribution in [0.25, 0.3) is 16.6 Å². The first-order chi connectivity index (χ1) is 16.8. The molecule has 0 atom stereocenters. The van der Waals surface area contributed by atoms with Gasteiger partial charge >= 0.3 is 6.61 Å². The third-order valence-corrected chi connectivity index (χ3v) is 5.64. The minimum atomic E-state index is -3.00. The number of pyridine rings is 2. The zero-order valence-electron chi connectivity index (χ0n) is 19.0. The van der Waals surface area contributed by atoms with E-state index >= 15 is 0 Å². The van der Waals surface area contributed by atoms with E-state index < -0.39 is 12.0 Å². The highest BCUT2D eigenvalue weighted by Gasteiger charge is 2.44. The van der Waals surface area contributed by atoms with Crippen molar-refractivity contribution in [2.75, 3.05) is 11.9 Å². The summed E-state index contributed by atoms with van der Waals surface area (Å²) < 4.78 is 37.7. The average Bonchev–Trinajstić information content (AvgIpc) is 3.48. The SMILES string of the molecule is Cc1cc(Nc2cc3cc(-c4cc(OC(F)F)ncc4OCC4(C#N)CC4)ccn3n2)nc(C)n1. The smallest absolute Gasteiger partial charge is 0.388 e. The van der Waals surface area contributed by atoms with Crippen molar-refractivity contribution in [3.63, 3.8) is 0 Å². The molecule has 178 valence electrons. The topological polar surface area (TPSA) is 110 Å². The number of alkyl halides is 2. The number of aryl methyl sites for hydroxylation is 2. The van der Waals surface area contributed by atoms with Crippen LogP contribution in [-0.4, -0.2) is 37.8 Å². The summed E-state index contributed by atoms with van der Waals surface area (Å²) in [5.41, 5.74) is 2.30. The average molecular weight is 477 g/mol. The Kier molecular flexibility index (Phi) is 5.64. The van der Waals surface area contributed by atoms with E-state index in [-0.39, 0.29) is 12.5 Å². The summed E-state index contributed by atoms with van der Waals surface area (Å²) in [5, 5.41) is 17.0. The number of nitriles is 1. The number of hydrogen-bond donors (Lipinski definition) is 1. The van der Waals surface area contributed by atoms with Gasteiger partial charge < -0.3 is 14.8 Å². The van der Waals surface area contributed by atoms with Gasteiger partial charge in [-0.25, -0.2) is 19.5 Å². The van der Waals surface area contributed by atoms with Crippen molar-refractivity contribution in [2.24, 2.45) is 5.41 Å². The maximum Gasteiger partial charge on any atom is 0.388 e. The lowest BCUT2D eigenvalue weighted by atomic mass is 10.1. The third-order valence-electron chi connectivity index (χ3n) is 5.64. The van der Waals surface area contributed by atoms with Gasteiger partial charge in [0.2, 0.25) is 5.88 Å². The van der Waals surface area contributed by atoms with Gasteiger partial charge in [0, 0.05) is 35.7 Å². The van der Waals surface area contributed by atoms with Crippen LogP contribution >= 0.6 is 0 Å². The Morgan fingerprint density at radius 1 is 1.17 bits per heavy atom. The van der Waals surface area contributed by atoms with E-state index in [1.807, 2.05) is 32.0 Å². The molecule has 0 aromatic carbocycles. The van der Waals surface area contributed by atoms with Crippen LogP contribution in [0.15, 0.2) is 42.7 Å². The minimum Gasteiger partial charge on any atom is -0.490 e. The van der Waals surface area contributed by atoms with Crippen LogP contribution in [0, 0.1) is 30.6 Å². The molecule has 0 bridgehead atoms. The second-order valence-corrected chi connectivity index (χ2v) is 8.46. The number of halogens is 2. The van der Waals surface area contributed by atoms with Crippen LogP contribution in [-0.2, 0) is 0 Å². The Morgan fingerprint density at radius 2 is 2.00 bits per heavy atom. The van der Waals surface area contributed by atoms with E-state index in [0.29, 0.717) is 34.3 Å². The molecule has 0 spiro atoms. The molecule has 0 radical (unpaired) electrons. The number of nitrogens with one attached hydrogen (secondary N) is 1. The molecular formula is C24H21F2N7O2. The fraction of sp³-hybridized carbons (Fsp3) is 0.292. The van der Waals surface area contributed by atoms with Crippen molar-refractivity contribution in [1.29, 1.82) is 5.26 Å². The van der Waals surface area contributed by atoms with E-state index in [0.717, 1.165) is 24.1 Å². The van der Waals surface area contributed by atoms with Crippen molar-refractivity contribution in [3.8, 4) is 28.8 Å². The van der Waals surface area contributed by atoms with Gasteiger partial charge in [-0.15, -0.1) is 0 Å². The number of hydrogen-bond acceptors (Lipinski definition) is 8. The highest BCUT2D eigenvalue weighted by Crippen LogP contribution is 2.45. The fourth-order valence-electron chi connectivity index (χ4n) is 3.71. The molecule has 0 unspecified atom stereocenters. The lowest BCUT2D eigenvalue weighted by molar-refractivity contribution is -0.0528. The molecule has 0 amide bonds. The molecule has 1 aliphatic rings. The monoisotopic (exact) mass is 477 g/mol. The molecule has 9 nitrogen and oxygen atoms in total. The Labute approximate surface area is 199 Å². The third kappa shape index (κ3) is 4.96. The summed E-state index contributed by atoms with van der Waals surface area (Å²) in [6.07, 6.45) is 4.62. The number of anilines is 2. The number of nitrogens with zero attached hydrogens (tertiary/aromatic N) is 6. The Bertz CT molecular complexity index is 1420. The van der Waals surface area contributed by atoms with Gasteiger partial charge in [-0.1, -0.05) is 0 Å².